The van der Waals surface area contributed by atoms with Crippen LogP contribution in [0.25, 0.3) is 0 Å². The van der Waals surface area contributed by atoms with Crippen LogP contribution in [0.4, 0.5) is 0 Å². The van der Waals surface area contributed by atoms with Crippen molar-refractivity contribution in [1.82, 2.24) is 9.97 Å². The van der Waals surface area contributed by atoms with Crippen LogP contribution in [0.15, 0.2) is 30.5 Å². The Morgan fingerprint density at radius 3 is 2.69 bits per heavy atom. The summed E-state index contributed by atoms with van der Waals surface area (Å²) in [6.45, 7) is 0. The summed E-state index contributed by atoms with van der Waals surface area (Å²) in [4.78, 5) is 7.57. The van der Waals surface area contributed by atoms with Gasteiger partial charge in [0.1, 0.15) is 10.8 Å². The number of hydrogen-bond acceptors (Lipinski definition) is 3. The van der Waals surface area contributed by atoms with Crippen molar-refractivity contribution in [3.8, 4) is 11.6 Å². The molecule has 0 fully saturated rings. The minimum atomic E-state index is 0.0708. The maximum absolute atomic E-state index is 5.84. The van der Waals surface area contributed by atoms with Gasteiger partial charge in [0.25, 0.3) is 0 Å². The van der Waals surface area contributed by atoms with E-state index in [2.05, 4.69) is 9.97 Å². The van der Waals surface area contributed by atoms with Crippen LogP contribution in [0.3, 0.4) is 0 Å². The molecule has 0 radical (unpaired) electrons. The molecule has 6 heteroatoms. The fourth-order valence-corrected chi connectivity index (χ4v) is 1.48. The third-order valence-corrected chi connectivity index (χ3v) is 2.37. The Morgan fingerprint density at radius 1 is 1.12 bits per heavy atom. The van der Waals surface area contributed by atoms with Gasteiger partial charge >= 0.3 is 0 Å². The van der Waals surface area contributed by atoms with E-state index in [1.807, 2.05) is 0 Å². The van der Waals surface area contributed by atoms with Crippen molar-refractivity contribution in [2.24, 2.45) is 0 Å². The minimum absolute atomic E-state index is 0.0708. The lowest BCUT2D eigenvalue weighted by atomic mass is 10.3. The highest BCUT2D eigenvalue weighted by atomic mass is 35.5. The van der Waals surface area contributed by atoms with E-state index in [1.165, 1.54) is 6.20 Å². The molecule has 82 valence electrons. The van der Waals surface area contributed by atoms with Crippen LogP contribution in [0.1, 0.15) is 0 Å². The van der Waals surface area contributed by atoms with Gasteiger partial charge in [-0.3, -0.25) is 0 Å². The second-order valence-corrected chi connectivity index (χ2v) is 4.03. The van der Waals surface area contributed by atoms with Crippen molar-refractivity contribution in [2.75, 3.05) is 0 Å². The Labute approximate surface area is 107 Å². The minimum Gasteiger partial charge on any atom is -0.437 e. The molecule has 2 rings (SSSR count). The molecule has 0 spiro atoms. The second kappa shape index (κ2) is 4.87. The monoisotopic (exact) mass is 274 g/mol. The number of ether oxygens (including phenoxy) is 1. The highest BCUT2D eigenvalue weighted by Crippen LogP contribution is 2.28. The predicted molar refractivity (Wildman–Crippen MR) is 63.6 cm³/mol. The van der Waals surface area contributed by atoms with Crippen LogP contribution >= 0.6 is 34.8 Å². The first-order valence-electron chi connectivity index (χ1n) is 4.26. The van der Waals surface area contributed by atoms with Crippen LogP contribution in [0.5, 0.6) is 11.6 Å². The Kier molecular flexibility index (Phi) is 3.49. The zero-order valence-electron chi connectivity index (χ0n) is 7.82. The quantitative estimate of drug-likeness (QED) is 0.769. The summed E-state index contributed by atoms with van der Waals surface area (Å²) in [5.41, 5.74) is 0. The Bertz CT molecular complexity index is 519. The zero-order chi connectivity index (χ0) is 11.5. The Morgan fingerprint density at radius 2 is 1.94 bits per heavy atom. The summed E-state index contributed by atoms with van der Waals surface area (Å²) in [5.74, 6) is 0.730. The summed E-state index contributed by atoms with van der Waals surface area (Å²) < 4.78 is 5.42. The molecular formula is C10H5Cl3N2O. The first kappa shape index (κ1) is 11.5. The summed E-state index contributed by atoms with van der Waals surface area (Å²) >= 11 is 17.3. The van der Waals surface area contributed by atoms with E-state index >= 15 is 0 Å². The fraction of sp³-hybridized carbons (Fsp3) is 0. The summed E-state index contributed by atoms with van der Waals surface area (Å²) in [5, 5.41) is 0.916. The molecular weight excluding hydrogens is 270 g/mol. The SMILES string of the molecule is Clc1cccc(Oc2nc(Cl)ncc2Cl)c1. The largest absolute Gasteiger partial charge is 0.437 e. The Hall–Kier alpha value is -1.03. The molecule has 16 heavy (non-hydrogen) atoms. The maximum Gasteiger partial charge on any atom is 0.242 e. The highest BCUT2D eigenvalue weighted by molar-refractivity contribution is 6.32. The van der Waals surface area contributed by atoms with Crippen molar-refractivity contribution in [3.05, 3.63) is 45.8 Å². The number of halogens is 3. The van der Waals surface area contributed by atoms with Crippen LogP contribution in [-0.2, 0) is 0 Å². The van der Waals surface area contributed by atoms with Gasteiger partial charge in [-0.15, -0.1) is 0 Å². The summed E-state index contributed by atoms with van der Waals surface area (Å²) in [6, 6.07) is 6.88. The van der Waals surface area contributed by atoms with Gasteiger partial charge in [-0.25, -0.2) is 4.98 Å². The molecule has 0 bridgehead atoms. The Balaban J connectivity index is 2.30. The van der Waals surface area contributed by atoms with Crippen molar-refractivity contribution >= 4 is 34.8 Å². The van der Waals surface area contributed by atoms with Crippen molar-refractivity contribution in [1.29, 1.82) is 0 Å². The van der Waals surface area contributed by atoms with Crippen molar-refractivity contribution < 1.29 is 4.74 Å². The molecule has 0 amide bonds. The fourth-order valence-electron chi connectivity index (χ4n) is 1.04. The van der Waals surface area contributed by atoms with Crippen LogP contribution in [0, 0.1) is 0 Å². The predicted octanol–water partition coefficient (Wildman–Crippen LogP) is 4.23. The van der Waals surface area contributed by atoms with Gasteiger partial charge in [-0.2, -0.15) is 4.98 Å². The lowest BCUT2D eigenvalue weighted by molar-refractivity contribution is 0.462. The van der Waals surface area contributed by atoms with E-state index in [4.69, 9.17) is 39.5 Å². The van der Waals surface area contributed by atoms with Gasteiger partial charge in [0.15, 0.2) is 0 Å². The average Bonchev–Trinajstić information content (AvgIpc) is 2.24. The molecule has 1 aromatic heterocycles. The van der Waals surface area contributed by atoms with E-state index in [9.17, 15) is 0 Å². The van der Waals surface area contributed by atoms with Gasteiger partial charge < -0.3 is 4.74 Å². The van der Waals surface area contributed by atoms with Crippen LogP contribution in [0.2, 0.25) is 15.3 Å². The third-order valence-electron chi connectivity index (χ3n) is 1.69. The third kappa shape index (κ3) is 2.76. The van der Waals surface area contributed by atoms with E-state index in [0.29, 0.717) is 10.8 Å². The number of nitrogens with zero attached hydrogens (tertiary/aromatic N) is 2. The van der Waals surface area contributed by atoms with Gasteiger partial charge in [0.05, 0.1) is 6.20 Å². The maximum atomic E-state index is 5.84. The molecule has 0 saturated carbocycles. The molecule has 0 aliphatic carbocycles. The molecule has 0 aliphatic heterocycles. The van der Waals surface area contributed by atoms with Crippen LogP contribution in [-0.4, -0.2) is 9.97 Å². The normalized spacial score (nSPS) is 10.2. The lowest BCUT2D eigenvalue weighted by Gasteiger charge is -2.06. The zero-order valence-corrected chi connectivity index (χ0v) is 10.1. The molecule has 2 aromatic rings. The van der Waals surface area contributed by atoms with Crippen molar-refractivity contribution in [3.63, 3.8) is 0 Å². The second-order valence-electron chi connectivity index (χ2n) is 2.85. The molecule has 3 nitrogen and oxygen atoms in total. The first-order chi connectivity index (χ1) is 7.65. The van der Waals surface area contributed by atoms with Gasteiger partial charge in [0, 0.05) is 5.02 Å². The molecule has 0 saturated heterocycles. The molecule has 0 atom stereocenters. The molecule has 1 heterocycles. The lowest BCUT2D eigenvalue weighted by Crippen LogP contribution is -1.91. The van der Waals surface area contributed by atoms with Gasteiger partial charge in [0.2, 0.25) is 11.2 Å². The first-order valence-corrected chi connectivity index (χ1v) is 5.40. The van der Waals surface area contributed by atoms with Gasteiger partial charge in [-0.1, -0.05) is 29.3 Å². The number of aromatic nitrogens is 2. The molecule has 0 N–H and O–H groups in total. The summed E-state index contributed by atoms with van der Waals surface area (Å²) in [7, 11) is 0. The van der Waals surface area contributed by atoms with Gasteiger partial charge in [-0.05, 0) is 29.8 Å². The highest BCUT2D eigenvalue weighted by Gasteiger charge is 2.07. The number of benzene rings is 1. The van der Waals surface area contributed by atoms with Crippen LogP contribution < -0.4 is 4.74 Å². The number of hydrogen-bond donors (Lipinski definition) is 0. The van der Waals surface area contributed by atoms with Crippen molar-refractivity contribution in [2.45, 2.75) is 0 Å². The smallest absolute Gasteiger partial charge is 0.242 e. The number of rotatable bonds is 2. The van der Waals surface area contributed by atoms with E-state index < -0.39 is 0 Å². The molecule has 1 aromatic carbocycles. The average molecular weight is 276 g/mol. The molecule has 0 unspecified atom stereocenters. The topological polar surface area (TPSA) is 35.0 Å². The van der Waals surface area contributed by atoms with E-state index in [1.54, 1.807) is 24.3 Å². The summed E-state index contributed by atoms with van der Waals surface area (Å²) in [6.07, 6.45) is 1.37. The van der Waals surface area contributed by atoms with E-state index in [0.717, 1.165) is 0 Å². The molecule has 0 aliphatic rings. The standard InChI is InChI=1S/C10H5Cl3N2O/c11-6-2-1-3-7(4-6)16-9-8(12)5-14-10(13)15-9/h1-5H. The van der Waals surface area contributed by atoms with E-state index in [-0.39, 0.29) is 16.2 Å².